The molecule has 2 aromatic rings. The molecule has 1 N–H and O–H groups in total. The maximum atomic E-state index is 4.44. The van der Waals surface area contributed by atoms with Gasteiger partial charge in [-0.1, -0.05) is 18.2 Å². The van der Waals surface area contributed by atoms with Crippen LogP contribution in [0.3, 0.4) is 0 Å². The van der Waals surface area contributed by atoms with E-state index in [1.807, 2.05) is 13.2 Å². The molecule has 1 aliphatic carbocycles. The van der Waals surface area contributed by atoms with Crippen LogP contribution in [0.5, 0.6) is 0 Å². The van der Waals surface area contributed by atoms with Crippen LogP contribution in [0, 0.1) is 6.92 Å². The Morgan fingerprint density at radius 2 is 2.26 bits per heavy atom. The van der Waals surface area contributed by atoms with E-state index in [0.29, 0.717) is 6.04 Å². The van der Waals surface area contributed by atoms with E-state index in [4.69, 9.17) is 0 Å². The van der Waals surface area contributed by atoms with Crippen LogP contribution in [0.2, 0.25) is 0 Å². The van der Waals surface area contributed by atoms with Crippen molar-refractivity contribution in [2.24, 2.45) is 0 Å². The van der Waals surface area contributed by atoms with E-state index >= 15 is 0 Å². The first-order chi connectivity index (χ1) is 9.24. The predicted molar refractivity (Wildman–Crippen MR) is 78.2 cm³/mol. The van der Waals surface area contributed by atoms with E-state index in [9.17, 15) is 0 Å². The van der Waals surface area contributed by atoms with Crippen LogP contribution in [0.15, 0.2) is 24.4 Å². The molecule has 0 spiro atoms. The molecular formula is C16H21N3. The molecule has 0 saturated heterocycles. The second kappa shape index (κ2) is 4.82. The summed E-state index contributed by atoms with van der Waals surface area (Å²) >= 11 is 0. The number of aryl methyl sites for hydroxylation is 2. The minimum absolute atomic E-state index is 0.531. The number of aromatic nitrogens is 2. The zero-order valence-corrected chi connectivity index (χ0v) is 11.9. The Hall–Kier alpha value is -1.61. The van der Waals surface area contributed by atoms with Gasteiger partial charge < -0.3 is 5.32 Å². The molecule has 3 nitrogen and oxygen atoms in total. The fraction of sp³-hybridized carbons (Fsp3) is 0.438. The second-order valence-corrected chi connectivity index (χ2v) is 5.25. The van der Waals surface area contributed by atoms with Crippen molar-refractivity contribution in [3.63, 3.8) is 0 Å². The van der Waals surface area contributed by atoms with Crippen LogP contribution in [0.25, 0.3) is 11.1 Å². The summed E-state index contributed by atoms with van der Waals surface area (Å²) in [6, 6.07) is 7.39. The molecule has 1 aromatic heterocycles. The normalized spacial score (nSPS) is 17.7. The molecule has 3 rings (SSSR count). The van der Waals surface area contributed by atoms with E-state index in [0.717, 1.165) is 6.54 Å². The van der Waals surface area contributed by atoms with Gasteiger partial charge in [-0.05, 0) is 50.4 Å². The Kier molecular flexibility index (Phi) is 3.15. The van der Waals surface area contributed by atoms with E-state index < -0.39 is 0 Å². The zero-order valence-electron chi connectivity index (χ0n) is 11.9. The molecule has 0 saturated carbocycles. The summed E-state index contributed by atoms with van der Waals surface area (Å²) in [6.45, 7) is 5.21. The van der Waals surface area contributed by atoms with Gasteiger partial charge in [-0.3, -0.25) is 4.68 Å². The largest absolute Gasteiger partial charge is 0.313 e. The summed E-state index contributed by atoms with van der Waals surface area (Å²) < 4.78 is 2.05. The third kappa shape index (κ3) is 1.98. The van der Waals surface area contributed by atoms with Gasteiger partial charge in [0.2, 0.25) is 0 Å². The first kappa shape index (κ1) is 12.4. The van der Waals surface area contributed by atoms with Crippen molar-refractivity contribution in [1.29, 1.82) is 0 Å². The van der Waals surface area contributed by atoms with Crippen LogP contribution in [-0.4, -0.2) is 16.8 Å². The molecule has 1 unspecified atom stereocenters. The van der Waals surface area contributed by atoms with Gasteiger partial charge in [0.05, 0.1) is 6.20 Å². The smallest absolute Gasteiger partial charge is 0.0571 e. The van der Waals surface area contributed by atoms with Crippen LogP contribution in [0.4, 0.5) is 0 Å². The number of rotatable bonds is 3. The Labute approximate surface area is 114 Å². The molecule has 1 aliphatic rings. The predicted octanol–water partition coefficient (Wildman–Crippen LogP) is 3.09. The summed E-state index contributed by atoms with van der Waals surface area (Å²) in [5.41, 5.74) is 6.77. The average Bonchev–Trinajstić information content (AvgIpc) is 3.00. The van der Waals surface area contributed by atoms with Crippen molar-refractivity contribution >= 4 is 0 Å². The minimum atomic E-state index is 0.531. The van der Waals surface area contributed by atoms with E-state index in [2.05, 4.69) is 47.1 Å². The van der Waals surface area contributed by atoms with Gasteiger partial charge in [-0.2, -0.15) is 5.10 Å². The van der Waals surface area contributed by atoms with Crippen molar-refractivity contribution in [3.8, 4) is 11.1 Å². The van der Waals surface area contributed by atoms with Crippen LogP contribution in [0.1, 0.15) is 36.2 Å². The number of fused-ring (bicyclic) bond motifs is 1. The Balaban J connectivity index is 2.01. The van der Waals surface area contributed by atoms with Crippen molar-refractivity contribution in [3.05, 3.63) is 41.2 Å². The molecule has 1 aromatic carbocycles. The van der Waals surface area contributed by atoms with Gasteiger partial charge in [0.1, 0.15) is 0 Å². The zero-order chi connectivity index (χ0) is 13.4. The third-order valence-corrected chi connectivity index (χ3v) is 4.28. The highest BCUT2D eigenvalue weighted by Gasteiger charge is 2.21. The lowest BCUT2D eigenvalue weighted by atomic mass is 10.0. The van der Waals surface area contributed by atoms with Crippen molar-refractivity contribution in [1.82, 2.24) is 15.1 Å². The summed E-state index contributed by atoms with van der Waals surface area (Å²) in [5, 5.41) is 7.83. The molecule has 1 heterocycles. The highest BCUT2D eigenvalue weighted by molar-refractivity contribution is 5.67. The summed E-state index contributed by atoms with van der Waals surface area (Å²) in [7, 11) is 2.04. The minimum Gasteiger partial charge on any atom is -0.313 e. The first-order valence-corrected chi connectivity index (χ1v) is 7.07. The van der Waals surface area contributed by atoms with Crippen LogP contribution < -0.4 is 5.32 Å². The monoisotopic (exact) mass is 255 g/mol. The average molecular weight is 255 g/mol. The van der Waals surface area contributed by atoms with Gasteiger partial charge in [-0.15, -0.1) is 0 Å². The van der Waals surface area contributed by atoms with E-state index in [1.165, 1.54) is 40.8 Å². The van der Waals surface area contributed by atoms with Gasteiger partial charge in [0.25, 0.3) is 0 Å². The number of benzene rings is 1. The molecule has 0 amide bonds. The Morgan fingerprint density at radius 3 is 2.95 bits per heavy atom. The Bertz CT molecular complexity index is 598. The van der Waals surface area contributed by atoms with Gasteiger partial charge in [0.15, 0.2) is 0 Å². The lowest BCUT2D eigenvalue weighted by Gasteiger charge is -2.10. The third-order valence-electron chi connectivity index (χ3n) is 4.28. The summed E-state index contributed by atoms with van der Waals surface area (Å²) in [6.07, 6.45) is 4.38. The number of nitrogens with one attached hydrogen (secondary N) is 1. The van der Waals surface area contributed by atoms with Crippen molar-refractivity contribution < 1.29 is 0 Å². The molecule has 3 heteroatoms. The molecular weight excluding hydrogens is 234 g/mol. The Morgan fingerprint density at radius 1 is 1.42 bits per heavy atom. The number of hydrogen-bond acceptors (Lipinski definition) is 2. The topological polar surface area (TPSA) is 29.9 Å². The van der Waals surface area contributed by atoms with Crippen molar-refractivity contribution in [2.45, 2.75) is 39.3 Å². The van der Waals surface area contributed by atoms with Gasteiger partial charge in [-0.25, -0.2) is 0 Å². The lowest BCUT2D eigenvalue weighted by molar-refractivity contribution is 0.590. The maximum Gasteiger partial charge on any atom is 0.0571 e. The molecule has 100 valence electrons. The fourth-order valence-corrected chi connectivity index (χ4v) is 3.13. The molecule has 19 heavy (non-hydrogen) atoms. The fourth-order valence-electron chi connectivity index (χ4n) is 3.13. The molecule has 0 radical (unpaired) electrons. The van der Waals surface area contributed by atoms with Crippen molar-refractivity contribution in [2.75, 3.05) is 7.05 Å². The summed E-state index contributed by atoms with van der Waals surface area (Å²) in [5.74, 6) is 0. The number of hydrogen-bond donors (Lipinski definition) is 1. The molecule has 1 atom stereocenters. The quantitative estimate of drug-likeness (QED) is 0.913. The second-order valence-electron chi connectivity index (χ2n) is 5.25. The molecule has 0 fully saturated rings. The van der Waals surface area contributed by atoms with Crippen LogP contribution >= 0.6 is 0 Å². The first-order valence-electron chi connectivity index (χ1n) is 7.07. The maximum absolute atomic E-state index is 4.44. The van der Waals surface area contributed by atoms with Gasteiger partial charge in [0, 0.05) is 23.8 Å². The highest BCUT2D eigenvalue weighted by atomic mass is 15.3. The van der Waals surface area contributed by atoms with E-state index in [-0.39, 0.29) is 0 Å². The highest BCUT2D eigenvalue weighted by Crippen LogP contribution is 2.34. The molecule has 0 aliphatic heterocycles. The van der Waals surface area contributed by atoms with E-state index in [1.54, 1.807) is 0 Å². The lowest BCUT2D eigenvalue weighted by Crippen LogP contribution is -2.12. The molecule has 0 bridgehead atoms. The number of nitrogens with zero attached hydrogens (tertiary/aromatic N) is 2. The summed E-state index contributed by atoms with van der Waals surface area (Å²) in [4.78, 5) is 0. The van der Waals surface area contributed by atoms with Crippen LogP contribution in [-0.2, 0) is 13.0 Å². The van der Waals surface area contributed by atoms with Gasteiger partial charge >= 0.3 is 0 Å². The standard InChI is InChI=1S/C16H21N3/c1-4-19-11(2)15(10-18-19)13-5-7-14-12(9-13)6-8-16(14)17-3/h5,7,9-10,16-17H,4,6,8H2,1-3H3. The SMILES string of the molecule is CCn1ncc(-c2ccc3c(c2)CCC3NC)c1C.